The normalized spacial score (nSPS) is 22.3. The fourth-order valence-electron chi connectivity index (χ4n) is 3.14. The van der Waals surface area contributed by atoms with Crippen molar-refractivity contribution in [3.05, 3.63) is 0 Å². The van der Waals surface area contributed by atoms with Crippen molar-refractivity contribution in [2.24, 2.45) is 10.9 Å². The number of piperidine rings is 1. The van der Waals surface area contributed by atoms with E-state index in [1.165, 1.54) is 0 Å². The van der Waals surface area contributed by atoms with Crippen molar-refractivity contribution in [1.82, 2.24) is 14.9 Å². The third kappa shape index (κ3) is 8.34. The Balaban J connectivity index is 0.00000420. The van der Waals surface area contributed by atoms with E-state index >= 15 is 0 Å². The van der Waals surface area contributed by atoms with E-state index in [4.69, 9.17) is 9.47 Å². The van der Waals surface area contributed by atoms with Crippen LogP contribution in [0.1, 0.15) is 25.7 Å². The molecular weight excluding hydrogens is 528 g/mol. The molecule has 0 spiro atoms. The number of hydrogen-bond acceptors (Lipinski definition) is 5. The SMILES string of the molecule is CN=C(NCCCOC1CCOC1)NCC1CCN(S(=O)(=O)C(F)(F)F)CC1.I. The lowest BCUT2D eigenvalue weighted by Crippen LogP contribution is -2.47. The van der Waals surface area contributed by atoms with Crippen LogP contribution in [-0.4, -0.2) is 83.3 Å². The summed E-state index contributed by atoms with van der Waals surface area (Å²) in [7, 11) is -3.59. The van der Waals surface area contributed by atoms with Gasteiger partial charge in [-0.15, -0.1) is 24.0 Å². The van der Waals surface area contributed by atoms with Gasteiger partial charge in [-0.1, -0.05) is 0 Å². The summed E-state index contributed by atoms with van der Waals surface area (Å²) in [5, 5.41) is 6.30. The Kier molecular flexibility index (Phi) is 11.5. The van der Waals surface area contributed by atoms with Crippen molar-refractivity contribution < 1.29 is 31.1 Å². The molecule has 2 heterocycles. The van der Waals surface area contributed by atoms with Crippen LogP contribution >= 0.6 is 24.0 Å². The molecule has 1 unspecified atom stereocenters. The van der Waals surface area contributed by atoms with E-state index in [1.807, 2.05) is 0 Å². The van der Waals surface area contributed by atoms with E-state index in [0.717, 1.165) is 19.4 Å². The van der Waals surface area contributed by atoms with Crippen molar-refractivity contribution >= 4 is 40.0 Å². The molecule has 2 aliphatic rings. The number of nitrogens with one attached hydrogen (secondary N) is 2. The lowest BCUT2D eigenvalue weighted by Gasteiger charge is -2.31. The first-order valence-electron chi connectivity index (χ1n) is 9.44. The Morgan fingerprint density at radius 2 is 1.93 bits per heavy atom. The predicted molar refractivity (Wildman–Crippen MR) is 114 cm³/mol. The van der Waals surface area contributed by atoms with Crippen molar-refractivity contribution in [3.63, 3.8) is 0 Å². The van der Waals surface area contributed by atoms with Gasteiger partial charge in [0.05, 0.1) is 12.7 Å². The lowest BCUT2D eigenvalue weighted by molar-refractivity contribution is -0.0496. The third-order valence-corrected chi connectivity index (χ3v) is 6.47. The maximum Gasteiger partial charge on any atom is 0.511 e. The van der Waals surface area contributed by atoms with Crippen LogP contribution < -0.4 is 10.6 Å². The number of sulfonamides is 1. The summed E-state index contributed by atoms with van der Waals surface area (Å²) in [6.07, 6.45) is 2.67. The minimum atomic E-state index is -5.24. The highest BCUT2D eigenvalue weighted by Crippen LogP contribution is 2.30. The number of aliphatic imine (C=N–C) groups is 1. The van der Waals surface area contributed by atoms with Gasteiger partial charge in [0, 0.05) is 46.4 Å². The van der Waals surface area contributed by atoms with Crippen LogP contribution in [0.4, 0.5) is 13.2 Å². The maximum absolute atomic E-state index is 12.6. The standard InChI is InChI=1S/C16H29F3N4O4S.HI/c1-20-15(21-6-2-9-27-14-5-10-26-12-14)22-11-13-3-7-23(8-4-13)28(24,25)16(17,18)19;/h13-14H,2-12H2,1H3,(H2,20,21,22);1H. The minimum Gasteiger partial charge on any atom is -0.379 e. The zero-order chi connectivity index (χ0) is 20.6. The van der Waals surface area contributed by atoms with Gasteiger partial charge in [-0.25, -0.2) is 8.42 Å². The van der Waals surface area contributed by atoms with E-state index in [9.17, 15) is 21.6 Å². The smallest absolute Gasteiger partial charge is 0.379 e. The van der Waals surface area contributed by atoms with Gasteiger partial charge in [0.1, 0.15) is 0 Å². The second-order valence-corrected chi connectivity index (χ2v) is 8.81. The van der Waals surface area contributed by atoms with E-state index in [-0.39, 0.29) is 49.1 Å². The number of guanidine groups is 1. The van der Waals surface area contributed by atoms with E-state index in [2.05, 4.69) is 15.6 Å². The van der Waals surface area contributed by atoms with Crippen molar-refractivity contribution in [2.45, 2.75) is 37.3 Å². The number of ether oxygens (including phenoxy) is 2. The molecule has 2 aliphatic heterocycles. The van der Waals surface area contributed by atoms with Crippen molar-refractivity contribution in [1.29, 1.82) is 0 Å². The highest BCUT2D eigenvalue weighted by atomic mass is 127. The van der Waals surface area contributed by atoms with E-state index in [1.54, 1.807) is 7.05 Å². The molecule has 0 saturated carbocycles. The monoisotopic (exact) mass is 558 g/mol. The number of nitrogens with zero attached hydrogens (tertiary/aromatic N) is 2. The predicted octanol–water partition coefficient (Wildman–Crippen LogP) is 1.53. The first kappa shape index (κ1) is 26.7. The van der Waals surface area contributed by atoms with Gasteiger partial charge in [-0.05, 0) is 31.6 Å². The molecule has 2 fully saturated rings. The molecule has 0 bridgehead atoms. The van der Waals surface area contributed by atoms with Crippen LogP contribution in [-0.2, 0) is 19.5 Å². The second kappa shape index (κ2) is 12.5. The maximum atomic E-state index is 12.6. The average Bonchev–Trinajstić information content (AvgIpc) is 3.17. The summed E-state index contributed by atoms with van der Waals surface area (Å²) in [5.74, 6) is 0.693. The molecule has 1 atom stereocenters. The minimum absolute atomic E-state index is 0. The van der Waals surface area contributed by atoms with Crippen LogP contribution in [0.15, 0.2) is 4.99 Å². The topological polar surface area (TPSA) is 92.3 Å². The molecule has 0 aromatic carbocycles. The summed E-state index contributed by atoms with van der Waals surface area (Å²) < 4.78 is 72.1. The Morgan fingerprint density at radius 3 is 2.48 bits per heavy atom. The molecule has 13 heteroatoms. The lowest BCUT2D eigenvalue weighted by atomic mass is 9.98. The molecular formula is C16H30F3IN4O4S. The summed E-state index contributed by atoms with van der Waals surface area (Å²) in [6, 6.07) is 0. The van der Waals surface area contributed by atoms with Crippen molar-refractivity contribution in [3.8, 4) is 0 Å². The summed E-state index contributed by atoms with van der Waals surface area (Å²) in [6.45, 7) is 2.99. The van der Waals surface area contributed by atoms with Crippen molar-refractivity contribution in [2.75, 3.05) is 53.0 Å². The number of rotatable bonds is 8. The van der Waals surface area contributed by atoms with Crippen LogP contribution in [0.2, 0.25) is 0 Å². The molecule has 0 amide bonds. The number of alkyl halides is 3. The van der Waals surface area contributed by atoms with Gasteiger partial charge in [0.15, 0.2) is 5.96 Å². The summed E-state index contributed by atoms with van der Waals surface area (Å²) >= 11 is 0. The van der Waals surface area contributed by atoms with Crippen LogP contribution in [0.5, 0.6) is 0 Å². The third-order valence-electron chi connectivity index (χ3n) is 4.84. The molecule has 172 valence electrons. The molecule has 2 N–H and O–H groups in total. The molecule has 29 heavy (non-hydrogen) atoms. The van der Waals surface area contributed by atoms with Gasteiger partial charge in [0.2, 0.25) is 0 Å². The molecule has 2 rings (SSSR count). The average molecular weight is 558 g/mol. The van der Waals surface area contributed by atoms with Gasteiger partial charge in [-0.3, -0.25) is 4.99 Å². The van der Waals surface area contributed by atoms with Crippen LogP contribution in [0, 0.1) is 5.92 Å². The van der Waals surface area contributed by atoms with Gasteiger partial charge in [0.25, 0.3) is 0 Å². The molecule has 8 nitrogen and oxygen atoms in total. The Morgan fingerprint density at radius 1 is 1.24 bits per heavy atom. The summed E-state index contributed by atoms with van der Waals surface area (Å²) in [5.41, 5.74) is -5.24. The second-order valence-electron chi connectivity index (χ2n) is 6.88. The highest BCUT2D eigenvalue weighted by Gasteiger charge is 2.50. The fourth-order valence-corrected chi connectivity index (χ4v) is 4.12. The molecule has 0 radical (unpaired) electrons. The largest absolute Gasteiger partial charge is 0.511 e. The van der Waals surface area contributed by atoms with Gasteiger partial charge >= 0.3 is 15.5 Å². The Labute approximate surface area is 187 Å². The van der Waals surface area contributed by atoms with Gasteiger partial charge in [-0.2, -0.15) is 17.5 Å². The fraction of sp³-hybridized carbons (Fsp3) is 0.938. The Bertz CT molecular complexity index is 608. The molecule has 0 aromatic heterocycles. The zero-order valence-electron chi connectivity index (χ0n) is 16.4. The quantitative estimate of drug-likeness (QED) is 0.203. The first-order valence-corrected chi connectivity index (χ1v) is 10.9. The first-order chi connectivity index (χ1) is 13.2. The Hall–Kier alpha value is -0.380. The molecule has 2 saturated heterocycles. The zero-order valence-corrected chi connectivity index (χ0v) is 19.6. The van der Waals surface area contributed by atoms with E-state index < -0.39 is 15.5 Å². The molecule has 0 aliphatic carbocycles. The van der Waals surface area contributed by atoms with Gasteiger partial charge < -0.3 is 20.1 Å². The highest BCUT2D eigenvalue weighted by molar-refractivity contribution is 14.0. The van der Waals surface area contributed by atoms with E-state index in [0.29, 0.717) is 49.4 Å². The number of hydrogen-bond donors (Lipinski definition) is 2. The van der Waals surface area contributed by atoms with Crippen LogP contribution in [0.25, 0.3) is 0 Å². The number of halogens is 4. The molecule has 0 aromatic rings. The van der Waals surface area contributed by atoms with Crippen LogP contribution in [0.3, 0.4) is 0 Å². The summed E-state index contributed by atoms with van der Waals surface area (Å²) in [4.78, 5) is 4.11.